The summed E-state index contributed by atoms with van der Waals surface area (Å²) in [4.78, 5) is 46.4. The van der Waals surface area contributed by atoms with Crippen molar-refractivity contribution in [1.82, 2.24) is 19.6 Å². The van der Waals surface area contributed by atoms with Gasteiger partial charge in [-0.2, -0.15) is 0 Å². The summed E-state index contributed by atoms with van der Waals surface area (Å²) in [5.74, 6) is 0.804. The molecule has 0 bridgehead atoms. The average molecular weight is 499 g/mol. The number of benzene rings is 1. The molecule has 0 N–H and O–H groups in total. The summed E-state index contributed by atoms with van der Waals surface area (Å²) in [6, 6.07) is 7.88. The first-order valence-electron chi connectivity index (χ1n) is 13.7. The molecular formula is C28H42N4O4. The molecule has 0 radical (unpaired) electrons. The second kappa shape index (κ2) is 12.1. The average Bonchev–Trinajstić information content (AvgIpc) is 2.88. The lowest BCUT2D eigenvalue weighted by atomic mass is 9.97. The predicted octanol–water partition coefficient (Wildman–Crippen LogP) is 3.01. The highest BCUT2D eigenvalue weighted by Gasteiger charge is 2.30. The van der Waals surface area contributed by atoms with Crippen LogP contribution >= 0.6 is 0 Å². The van der Waals surface area contributed by atoms with E-state index >= 15 is 0 Å². The maximum atomic E-state index is 13.0. The van der Waals surface area contributed by atoms with Crippen LogP contribution in [0.2, 0.25) is 0 Å². The zero-order valence-electron chi connectivity index (χ0n) is 22.2. The fraction of sp³-hybridized carbons (Fsp3) is 0.679. The van der Waals surface area contributed by atoms with Gasteiger partial charge in [-0.3, -0.25) is 19.3 Å². The molecule has 4 rings (SSSR count). The van der Waals surface area contributed by atoms with Crippen LogP contribution in [0.4, 0.5) is 0 Å². The van der Waals surface area contributed by atoms with Crippen molar-refractivity contribution in [2.45, 2.75) is 77.4 Å². The Morgan fingerprint density at radius 3 is 2.06 bits per heavy atom. The zero-order chi connectivity index (χ0) is 25.7. The Kier molecular flexibility index (Phi) is 8.88. The molecule has 1 aromatic rings. The fourth-order valence-electron chi connectivity index (χ4n) is 5.87. The number of piperidine rings is 2. The second-order valence-electron chi connectivity index (χ2n) is 10.7. The molecule has 0 aromatic heterocycles. The van der Waals surface area contributed by atoms with E-state index in [-0.39, 0.29) is 36.4 Å². The molecule has 3 heterocycles. The Morgan fingerprint density at radius 1 is 0.778 bits per heavy atom. The van der Waals surface area contributed by atoms with E-state index in [1.807, 2.05) is 14.7 Å². The topological polar surface area (TPSA) is 73.4 Å². The summed E-state index contributed by atoms with van der Waals surface area (Å²) < 4.78 is 5.75. The minimum Gasteiger partial charge on any atom is -0.484 e. The van der Waals surface area contributed by atoms with Gasteiger partial charge in [0.15, 0.2) is 6.61 Å². The van der Waals surface area contributed by atoms with Crippen LogP contribution < -0.4 is 4.74 Å². The third kappa shape index (κ3) is 6.38. The number of ether oxygens (including phenoxy) is 1. The zero-order valence-corrected chi connectivity index (χ0v) is 22.2. The smallest absolute Gasteiger partial charge is 0.260 e. The SMILES string of the molecule is CC1CCCCN1C(=O)CN1CCN(C(=O)c2ccc(OCC(=O)N3C(C)CCCC3C)cc2)CC1. The Labute approximate surface area is 215 Å². The van der Waals surface area contributed by atoms with Crippen LogP contribution in [-0.4, -0.2) is 101 Å². The lowest BCUT2D eigenvalue weighted by molar-refractivity contribution is -0.139. The lowest BCUT2D eigenvalue weighted by Gasteiger charge is -2.39. The van der Waals surface area contributed by atoms with Crippen LogP contribution in [-0.2, 0) is 9.59 Å². The van der Waals surface area contributed by atoms with Crippen molar-refractivity contribution in [3.8, 4) is 5.75 Å². The maximum absolute atomic E-state index is 13.0. The number of hydrogen-bond acceptors (Lipinski definition) is 5. The molecule has 0 spiro atoms. The lowest BCUT2D eigenvalue weighted by Crippen LogP contribution is -2.53. The van der Waals surface area contributed by atoms with Gasteiger partial charge in [-0.1, -0.05) is 0 Å². The predicted molar refractivity (Wildman–Crippen MR) is 139 cm³/mol. The number of hydrogen-bond donors (Lipinski definition) is 0. The molecule has 3 unspecified atom stereocenters. The van der Waals surface area contributed by atoms with E-state index in [1.54, 1.807) is 24.3 Å². The summed E-state index contributed by atoms with van der Waals surface area (Å²) in [7, 11) is 0. The number of carbonyl (C=O) groups excluding carboxylic acids is 3. The Morgan fingerprint density at radius 2 is 1.42 bits per heavy atom. The monoisotopic (exact) mass is 498 g/mol. The Bertz CT molecular complexity index is 903. The summed E-state index contributed by atoms with van der Waals surface area (Å²) in [5.41, 5.74) is 0.610. The van der Waals surface area contributed by atoms with E-state index < -0.39 is 0 Å². The molecule has 1 aromatic carbocycles. The second-order valence-corrected chi connectivity index (χ2v) is 10.7. The van der Waals surface area contributed by atoms with Crippen LogP contribution in [0.25, 0.3) is 0 Å². The van der Waals surface area contributed by atoms with Crippen molar-refractivity contribution in [2.24, 2.45) is 0 Å². The molecule has 3 aliphatic rings. The first-order valence-corrected chi connectivity index (χ1v) is 13.7. The van der Waals surface area contributed by atoms with E-state index in [2.05, 4.69) is 25.7 Å². The normalized spacial score (nSPS) is 25.5. The van der Waals surface area contributed by atoms with Gasteiger partial charge < -0.3 is 19.4 Å². The molecule has 198 valence electrons. The van der Waals surface area contributed by atoms with Crippen molar-refractivity contribution in [2.75, 3.05) is 45.9 Å². The molecule has 0 aliphatic carbocycles. The minimum atomic E-state index is -0.00998. The molecule has 8 heteroatoms. The fourth-order valence-corrected chi connectivity index (χ4v) is 5.87. The van der Waals surface area contributed by atoms with Crippen molar-refractivity contribution in [3.05, 3.63) is 29.8 Å². The number of amides is 3. The summed E-state index contributed by atoms with van der Waals surface area (Å²) >= 11 is 0. The quantitative estimate of drug-likeness (QED) is 0.603. The van der Waals surface area contributed by atoms with E-state index in [0.29, 0.717) is 50.1 Å². The molecular weight excluding hydrogens is 456 g/mol. The first-order chi connectivity index (χ1) is 17.3. The Hall–Kier alpha value is -2.61. The number of piperazine rings is 1. The van der Waals surface area contributed by atoms with Gasteiger partial charge in [0.25, 0.3) is 11.8 Å². The van der Waals surface area contributed by atoms with E-state index in [1.165, 1.54) is 6.42 Å². The van der Waals surface area contributed by atoms with Gasteiger partial charge in [-0.25, -0.2) is 0 Å². The van der Waals surface area contributed by atoms with Crippen molar-refractivity contribution in [3.63, 3.8) is 0 Å². The van der Waals surface area contributed by atoms with Gasteiger partial charge in [-0.05, 0) is 83.6 Å². The van der Waals surface area contributed by atoms with Crippen LogP contribution in [0.5, 0.6) is 5.75 Å². The molecule has 3 amide bonds. The van der Waals surface area contributed by atoms with Crippen molar-refractivity contribution < 1.29 is 19.1 Å². The molecule has 3 aliphatic heterocycles. The highest BCUT2D eigenvalue weighted by molar-refractivity contribution is 5.94. The summed E-state index contributed by atoms with van der Waals surface area (Å²) in [6.45, 7) is 10.3. The van der Waals surface area contributed by atoms with Gasteiger partial charge in [0, 0.05) is 56.4 Å². The number of rotatable bonds is 6. The number of likely N-dealkylation sites (tertiary alicyclic amines) is 2. The maximum Gasteiger partial charge on any atom is 0.260 e. The third-order valence-corrected chi connectivity index (χ3v) is 8.09. The van der Waals surface area contributed by atoms with E-state index in [9.17, 15) is 14.4 Å². The standard InChI is InChI=1S/C28H42N4O4/c1-21-7-4-5-14-31(21)26(33)19-29-15-17-30(18-16-29)28(35)24-10-12-25(13-11-24)36-20-27(34)32-22(2)8-6-9-23(32)3/h10-13,21-23H,4-9,14-20H2,1-3H3. The Balaban J connectivity index is 1.22. The van der Waals surface area contributed by atoms with Crippen molar-refractivity contribution >= 4 is 17.7 Å². The van der Waals surface area contributed by atoms with Gasteiger partial charge >= 0.3 is 0 Å². The van der Waals surface area contributed by atoms with Crippen LogP contribution in [0.3, 0.4) is 0 Å². The molecule has 3 atom stereocenters. The highest BCUT2D eigenvalue weighted by Crippen LogP contribution is 2.23. The van der Waals surface area contributed by atoms with Gasteiger partial charge in [0.05, 0.1) is 6.54 Å². The van der Waals surface area contributed by atoms with Gasteiger partial charge in [0.1, 0.15) is 5.75 Å². The van der Waals surface area contributed by atoms with Crippen LogP contribution in [0.1, 0.15) is 69.7 Å². The van der Waals surface area contributed by atoms with Gasteiger partial charge in [-0.15, -0.1) is 0 Å². The summed E-state index contributed by atoms with van der Waals surface area (Å²) in [6.07, 6.45) is 6.62. The summed E-state index contributed by atoms with van der Waals surface area (Å²) in [5, 5.41) is 0. The largest absolute Gasteiger partial charge is 0.484 e. The minimum absolute atomic E-state index is 0.00998. The highest BCUT2D eigenvalue weighted by atomic mass is 16.5. The van der Waals surface area contributed by atoms with Crippen LogP contribution in [0, 0.1) is 0 Å². The van der Waals surface area contributed by atoms with Crippen LogP contribution in [0.15, 0.2) is 24.3 Å². The van der Waals surface area contributed by atoms with Crippen molar-refractivity contribution in [1.29, 1.82) is 0 Å². The molecule has 8 nitrogen and oxygen atoms in total. The van der Waals surface area contributed by atoms with Gasteiger partial charge in [0.2, 0.25) is 5.91 Å². The number of carbonyl (C=O) groups is 3. The molecule has 36 heavy (non-hydrogen) atoms. The van der Waals surface area contributed by atoms with E-state index in [0.717, 1.165) is 38.6 Å². The molecule has 3 fully saturated rings. The number of nitrogens with zero attached hydrogens (tertiary/aromatic N) is 4. The first kappa shape index (κ1) is 26.5. The molecule has 0 saturated carbocycles. The third-order valence-electron chi connectivity index (χ3n) is 8.09. The molecule has 3 saturated heterocycles. The van der Waals surface area contributed by atoms with E-state index in [4.69, 9.17) is 4.74 Å².